The number of aromatic nitrogens is 5. The van der Waals surface area contributed by atoms with Crippen molar-refractivity contribution >= 4 is 11.3 Å². The van der Waals surface area contributed by atoms with Crippen LogP contribution in [0, 0.1) is 11.3 Å². The number of aryl methyl sites for hydroxylation is 1. The zero-order valence-corrected chi connectivity index (χ0v) is 23.8. The summed E-state index contributed by atoms with van der Waals surface area (Å²) in [4.78, 5) is 4.99. The number of rotatable bonds is 14. The molecule has 0 aliphatic carbocycles. The van der Waals surface area contributed by atoms with Gasteiger partial charge >= 0.3 is 0 Å². The van der Waals surface area contributed by atoms with Crippen molar-refractivity contribution in [3.8, 4) is 0 Å². The lowest BCUT2D eigenvalue weighted by Gasteiger charge is -2.31. The van der Waals surface area contributed by atoms with Gasteiger partial charge in [0.2, 0.25) is 0 Å². The molecule has 4 rings (SSSR count). The predicted molar refractivity (Wildman–Crippen MR) is 156 cm³/mol. The molecule has 1 fully saturated rings. The SMILES string of the molecule is C=C(NC(CCCC(C)CC)c1cn2nc(CC3(C(=C)CC)CCNC3=C)ccc2n1)c1ccnn1CC. The van der Waals surface area contributed by atoms with Crippen LogP contribution in [-0.2, 0) is 13.0 Å². The molecule has 2 N–H and O–H groups in total. The fourth-order valence-corrected chi connectivity index (χ4v) is 5.60. The molecular weight excluding hydrogens is 470 g/mol. The topological polar surface area (TPSA) is 72.1 Å². The molecule has 204 valence electrons. The van der Waals surface area contributed by atoms with Crippen LogP contribution >= 0.6 is 0 Å². The molecule has 0 bridgehead atoms. The van der Waals surface area contributed by atoms with Crippen LogP contribution in [0.2, 0.25) is 0 Å². The van der Waals surface area contributed by atoms with Crippen LogP contribution in [0.15, 0.2) is 61.6 Å². The molecule has 1 saturated heterocycles. The van der Waals surface area contributed by atoms with Crippen molar-refractivity contribution < 1.29 is 0 Å². The Labute approximate surface area is 228 Å². The second-order valence-electron chi connectivity index (χ2n) is 10.8. The summed E-state index contributed by atoms with van der Waals surface area (Å²) < 4.78 is 3.90. The van der Waals surface area contributed by atoms with Crippen molar-refractivity contribution in [2.24, 2.45) is 11.3 Å². The Balaban J connectivity index is 1.59. The molecule has 1 aliphatic heterocycles. The van der Waals surface area contributed by atoms with Gasteiger partial charge in [-0.05, 0) is 50.3 Å². The largest absolute Gasteiger partial charge is 0.388 e. The van der Waals surface area contributed by atoms with E-state index in [9.17, 15) is 0 Å². The fraction of sp³-hybridized carbons (Fsp3) is 0.516. The monoisotopic (exact) mass is 515 g/mol. The van der Waals surface area contributed by atoms with Crippen molar-refractivity contribution in [2.45, 2.75) is 85.2 Å². The van der Waals surface area contributed by atoms with Gasteiger partial charge in [-0.1, -0.05) is 65.3 Å². The van der Waals surface area contributed by atoms with Crippen molar-refractivity contribution in [3.05, 3.63) is 78.7 Å². The van der Waals surface area contributed by atoms with Crippen molar-refractivity contribution in [3.63, 3.8) is 0 Å². The van der Waals surface area contributed by atoms with Crippen LogP contribution in [0.1, 0.15) is 89.3 Å². The average molecular weight is 516 g/mol. The lowest BCUT2D eigenvalue weighted by Crippen LogP contribution is -2.26. The van der Waals surface area contributed by atoms with Crippen LogP contribution in [0.3, 0.4) is 0 Å². The standard InChI is InChI=1S/C31H45N7/c1-8-22(4)12-11-13-27(34-24(6)29-16-18-33-37(29)10-3)28-21-38-30(35-28)15-14-26(36-38)20-31(23(5)9-2)17-19-32-25(31)7/h14-16,18,21-22,27,32,34H,5-13,17,19-20H2,1-4H3. The number of fused-ring (bicyclic) bond motifs is 1. The summed E-state index contributed by atoms with van der Waals surface area (Å²) in [5.74, 6) is 0.718. The van der Waals surface area contributed by atoms with Gasteiger partial charge in [-0.25, -0.2) is 9.50 Å². The Morgan fingerprint density at radius 3 is 2.68 bits per heavy atom. The number of hydrogen-bond acceptors (Lipinski definition) is 5. The molecule has 7 heteroatoms. The minimum Gasteiger partial charge on any atom is -0.388 e. The summed E-state index contributed by atoms with van der Waals surface area (Å²) >= 11 is 0. The predicted octanol–water partition coefficient (Wildman–Crippen LogP) is 6.47. The summed E-state index contributed by atoms with van der Waals surface area (Å²) in [6.07, 6.45) is 11.1. The van der Waals surface area contributed by atoms with Gasteiger partial charge in [0.25, 0.3) is 0 Å². The Kier molecular flexibility index (Phi) is 8.75. The van der Waals surface area contributed by atoms with E-state index in [1.54, 1.807) is 0 Å². The molecule has 7 nitrogen and oxygen atoms in total. The van der Waals surface area contributed by atoms with Crippen LogP contribution in [-0.4, -0.2) is 30.9 Å². The van der Waals surface area contributed by atoms with Crippen molar-refractivity contribution in [1.29, 1.82) is 0 Å². The third kappa shape index (κ3) is 5.71. The lowest BCUT2D eigenvalue weighted by atomic mass is 9.73. The Bertz CT molecular complexity index is 1280. The number of nitrogens with zero attached hydrogens (tertiary/aromatic N) is 5. The lowest BCUT2D eigenvalue weighted by molar-refractivity contribution is 0.428. The Morgan fingerprint density at radius 2 is 2.00 bits per heavy atom. The highest BCUT2D eigenvalue weighted by Gasteiger charge is 2.39. The van der Waals surface area contributed by atoms with E-state index in [1.807, 2.05) is 21.5 Å². The van der Waals surface area contributed by atoms with Gasteiger partial charge < -0.3 is 10.6 Å². The molecule has 3 aromatic heterocycles. The summed E-state index contributed by atoms with van der Waals surface area (Å²) in [7, 11) is 0. The van der Waals surface area contributed by atoms with E-state index in [0.29, 0.717) is 0 Å². The number of nitrogens with one attached hydrogen (secondary N) is 2. The minimum atomic E-state index is -0.140. The highest BCUT2D eigenvalue weighted by atomic mass is 15.3. The molecule has 0 amide bonds. The summed E-state index contributed by atoms with van der Waals surface area (Å²) in [5.41, 5.74) is 6.89. The first-order chi connectivity index (χ1) is 18.3. The third-order valence-corrected chi connectivity index (χ3v) is 8.37. The van der Waals surface area contributed by atoms with E-state index >= 15 is 0 Å². The third-order valence-electron chi connectivity index (χ3n) is 8.37. The second-order valence-corrected chi connectivity index (χ2v) is 10.8. The minimum absolute atomic E-state index is 0.0435. The molecule has 0 spiro atoms. The van der Waals surface area contributed by atoms with Gasteiger partial charge in [0.1, 0.15) is 0 Å². The van der Waals surface area contributed by atoms with E-state index < -0.39 is 0 Å². The van der Waals surface area contributed by atoms with Gasteiger partial charge in [0.05, 0.1) is 35.0 Å². The highest BCUT2D eigenvalue weighted by Crippen LogP contribution is 2.44. The fourth-order valence-electron chi connectivity index (χ4n) is 5.60. The van der Waals surface area contributed by atoms with Crippen molar-refractivity contribution in [1.82, 2.24) is 35.0 Å². The van der Waals surface area contributed by atoms with Gasteiger partial charge in [-0.3, -0.25) is 4.68 Å². The van der Waals surface area contributed by atoms with Crippen LogP contribution in [0.4, 0.5) is 0 Å². The Morgan fingerprint density at radius 1 is 1.18 bits per heavy atom. The van der Waals surface area contributed by atoms with Gasteiger partial charge in [-0.2, -0.15) is 10.2 Å². The number of imidazole rings is 1. The molecule has 1 aliphatic rings. The number of allylic oxidation sites excluding steroid dienone is 1. The summed E-state index contributed by atoms with van der Waals surface area (Å²) in [5, 5.41) is 16.5. The molecular formula is C31H45N7. The van der Waals surface area contributed by atoms with Gasteiger partial charge in [-0.15, -0.1) is 0 Å². The first kappa shape index (κ1) is 27.7. The number of hydrogen-bond donors (Lipinski definition) is 2. The first-order valence-electron chi connectivity index (χ1n) is 14.3. The normalized spacial score (nSPS) is 18.9. The molecule has 3 atom stereocenters. The molecule has 3 unspecified atom stereocenters. The quantitative estimate of drug-likeness (QED) is 0.241. The van der Waals surface area contributed by atoms with E-state index in [-0.39, 0.29) is 11.5 Å². The van der Waals surface area contributed by atoms with Crippen LogP contribution in [0.25, 0.3) is 11.3 Å². The van der Waals surface area contributed by atoms with E-state index in [0.717, 1.165) is 85.2 Å². The van der Waals surface area contributed by atoms with E-state index in [2.05, 4.69) is 81.5 Å². The molecule has 4 heterocycles. The maximum atomic E-state index is 5.00. The maximum absolute atomic E-state index is 5.00. The van der Waals surface area contributed by atoms with Crippen LogP contribution in [0.5, 0.6) is 0 Å². The zero-order valence-electron chi connectivity index (χ0n) is 23.8. The molecule has 38 heavy (non-hydrogen) atoms. The molecule has 0 aromatic carbocycles. The molecule has 0 radical (unpaired) electrons. The molecule has 3 aromatic rings. The van der Waals surface area contributed by atoms with E-state index in [4.69, 9.17) is 10.1 Å². The molecule has 0 saturated carbocycles. The summed E-state index contributed by atoms with van der Waals surface area (Å²) in [6.45, 7) is 23.7. The van der Waals surface area contributed by atoms with Gasteiger partial charge in [0, 0.05) is 36.8 Å². The Hall–Kier alpha value is -3.35. The zero-order chi connectivity index (χ0) is 27.3. The van der Waals surface area contributed by atoms with Gasteiger partial charge in [0.15, 0.2) is 5.65 Å². The van der Waals surface area contributed by atoms with Crippen LogP contribution < -0.4 is 10.6 Å². The van der Waals surface area contributed by atoms with E-state index in [1.165, 1.54) is 18.4 Å². The average Bonchev–Trinajstić information content (AvgIpc) is 3.66. The maximum Gasteiger partial charge on any atom is 0.153 e. The van der Waals surface area contributed by atoms with Crippen molar-refractivity contribution in [2.75, 3.05) is 6.54 Å². The highest BCUT2D eigenvalue weighted by molar-refractivity contribution is 5.59. The first-order valence-corrected chi connectivity index (χ1v) is 14.3. The smallest absolute Gasteiger partial charge is 0.153 e. The summed E-state index contributed by atoms with van der Waals surface area (Å²) in [6, 6.07) is 6.24. The second kappa shape index (κ2) is 12.0.